The van der Waals surface area contributed by atoms with Gasteiger partial charge < -0.3 is 36.6 Å². The number of carbonyl (C=O) groups is 6. The SMILES string of the molecule is CN[C@@H](C)C(=O)N[C@H](C(=O)N1C[C@@H]2C[C@H]1C(=O)N[C@@H](Cc1ccccc1)C(=O)NC(C(=O)O)Cc1ccc(cc1)NC(=O)CCc1cn2nn1)c1ccccc1. The van der Waals surface area contributed by atoms with E-state index >= 15 is 0 Å². The summed E-state index contributed by atoms with van der Waals surface area (Å²) in [7, 11) is 1.62. The number of aliphatic carboxylic acids is 1. The van der Waals surface area contributed by atoms with Crippen LogP contribution in [0.5, 0.6) is 0 Å². The minimum Gasteiger partial charge on any atom is -0.480 e. The summed E-state index contributed by atoms with van der Waals surface area (Å²) in [6.07, 6.45) is 2.09. The fourth-order valence-corrected chi connectivity index (χ4v) is 6.83. The van der Waals surface area contributed by atoms with E-state index in [1.54, 1.807) is 104 Å². The molecule has 5 amide bonds. The molecule has 0 aliphatic carbocycles. The van der Waals surface area contributed by atoms with E-state index in [-0.39, 0.29) is 44.6 Å². The molecule has 16 nitrogen and oxygen atoms in total. The molecule has 6 atom stereocenters. The zero-order chi connectivity index (χ0) is 39.8. The summed E-state index contributed by atoms with van der Waals surface area (Å²) in [5.74, 6) is -3.91. The summed E-state index contributed by atoms with van der Waals surface area (Å²) in [5, 5.41) is 32.7. The third-order valence-electron chi connectivity index (χ3n) is 10.1. The van der Waals surface area contributed by atoms with Crippen LogP contribution >= 0.6 is 0 Å². The molecule has 4 heterocycles. The molecule has 4 aromatic rings. The number of amides is 5. The number of nitrogens with one attached hydrogen (secondary N) is 5. The van der Waals surface area contributed by atoms with E-state index in [4.69, 9.17) is 0 Å². The zero-order valence-corrected chi connectivity index (χ0v) is 31.1. The summed E-state index contributed by atoms with van der Waals surface area (Å²) in [6.45, 7) is 1.66. The Labute approximate surface area is 323 Å². The molecule has 1 aromatic heterocycles. The van der Waals surface area contributed by atoms with Gasteiger partial charge in [-0.2, -0.15) is 0 Å². The molecule has 56 heavy (non-hydrogen) atoms. The van der Waals surface area contributed by atoms with Gasteiger partial charge in [0.05, 0.1) is 17.8 Å². The molecule has 16 heteroatoms. The number of hydrogen-bond acceptors (Lipinski definition) is 9. The minimum absolute atomic E-state index is 0.00717. The second-order valence-corrected chi connectivity index (χ2v) is 14.0. The number of carboxylic acids is 1. The lowest BCUT2D eigenvalue weighted by molar-refractivity contribution is -0.143. The van der Waals surface area contributed by atoms with Crippen LogP contribution in [0.4, 0.5) is 5.69 Å². The van der Waals surface area contributed by atoms with Crippen molar-refractivity contribution in [2.75, 3.05) is 18.9 Å². The van der Waals surface area contributed by atoms with Crippen molar-refractivity contribution < 1.29 is 33.9 Å². The number of nitrogens with zero attached hydrogens (tertiary/aromatic N) is 4. The highest BCUT2D eigenvalue weighted by molar-refractivity contribution is 5.96. The third kappa shape index (κ3) is 9.62. The summed E-state index contributed by atoms with van der Waals surface area (Å²) < 4.78 is 1.56. The molecule has 3 aliphatic heterocycles. The standard InChI is InChI=1S/C40H45N9O7/c1-24(41-2)36(51)45-35(27-11-7-4-8-12-27)39(54)48-23-30-21-33(48)38(53)43-31(19-25-9-5-3-6-10-25)37(52)44-32(40(55)56)20-26-13-15-28(16-14-26)42-34(50)18-17-29-22-49(30)47-46-29/h3-16,22,24,30-33,35,41H,17-21,23H2,1-2H3,(H,42,50)(H,43,53)(H,44,52)(H,45,51)(H,55,56)/t24-,30-,31-,32?,33-,35-/m0/s1. The van der Waals surface area contributed by atoms with Crippen LogP contribution in [0.15, 0.2) is 91.1 Å². The lowest BCUT2D eigenvalue weighted by Crippen LogP contribution is -2.57. The highest BCUT2D eigenvalue weighted by atomic mass is 16.4. The Hall–Kier alpha value is -6.42. The molecule has 1 fully saturated rings. The first-order valence-corrected chi connectivity index (χ1v) is 18.5. The number of likely N-dealkylation sites (tertiary alicyclic amines) is 1. The number of benzene rings is 3. The van der Waals surface area contributed by atoms with Gasteiger partial charge in [0.2, 0.25) is 23.6 Å². The van der Waals surface area contributed by atoms with E-state index in [9.17, 15) is 33.9 Å². The Balaban J connectivity index is 1.37. The van der Waals surface area contributed by atoms with Gasteiger partial charge in [-0.15, -0.1) is 5.10 Å². The molecule has 7 rings (SSSR count). The molecule has 6 bridgehead atoms. The van der Waals surface area contributed by atoms with Gasteiger partial charge in [0.1, 0.15) is 24.2 Å². The van der Waals surface area contributed by atoms with Gasteiger partial charge in [0.25, 0.3) is 5.91 Å². The average molecular weight is 764 g/mol. The number of carboxylic acid groups (broad SMARTS) is 1. The van der Waals surface area contributed by atoms with Crippen LogP contribution in [-0.2, 0) is 48.0 Å². The first-order valence-electron chi connectivity index (χ1n) is 18.5. The van der Waals surface area contributed by atoms with E-state index < -0.39 is 65.8 Å². The summed E-state index contributed by atoms with van der Waals surface area (Å²) in [4.78, 5) is 83.0. The van der Waals surface area contributed by atoms with Crippen LogP contribution in [-0.4, -0.2) is 98.3 Å². The highest BCUT2D eigenvalue weighted by Gasteiger charge is 2.44. The van der Waals surface area contributed by atoms with Crippen molar-refractivity contribution in [1.82, 2.24) is 41.2 Å². The van der Waals surface area contributed by atoms with Crippen LogP contribution in [0, 0.1) is 0 Å². The van der Waals surface area contributed by atoms with Gasteiger partial charge >= 0.3 is 5.97 Å². The van der Waals surface area contributed by atoms with Gasteiger partial charge in [-0.05, 0) is 42.8 Å². The summed E-state index contributed by atoms with van der Waals surface area (Å²) in [5.41, 5.74) is 2.85. The maximum atomic E-state index is 14.7. The molecule has 292 valence electrons. The second-order valence-electron chi connectivity index (χ2n) is 14.0. The number of aromatic nitrogens is 3. The fraction of sp³-hybridized carbons (Fsp3) is 0.350. The maximum Gasteiger partial charge on any atom is 0.326 e. The van der Waals surface area contributed by atoms with Crippen molar-refractivity contribution in [3.8, 4) is 0 Å². The number of carbonyl (C=O) groups excluding carboxylic acids is 5. The molecular formula is C40H45N9O7. The molecule has 3 aliphatic rings. The van der Waals surface area contributed by atoms with Crippen molar-refractivity contribution >= 4 is 41.2 Å². The summed E-state index contributed by atoms with van der Waals surface area (Å²) in [6, 6.07) is 18.3. The van der Waals surface area contributed by atoms with Crippen molar-refractivity contribution in [3.63, 3.8) is 0 Å². The molecule has 1 unspecified atom stereocenters. The minimum atomic E-state index is -1.35. The van der Waals surface area contributed by atoms with Crippen molar-refractivity contribution in [1.29, 1.82) is 0 Å². The van der Waals surface area contributed by atoms with E-state index in [1.165, 1.54) is 4.90 Å². The molecule has 1 saturated heterocycles. The van der Waals surface area contributed by atoms with Crippen LogP contribution < -0.4 is 26.6 Å². The average Bonchev–Trinajstić information content (AvgIpc) is 3.87. The monoisotopic (exact) mass is 763 g/mol. The smallest absolute Gasteiger partial charge is 0.326 e. The van der Waals surface area contributed by atoms with Gasteiger partial charge in [0.15, 0.2) is 0 Å². The molecule has 6 N–H and O–H groups in total. The Bertz CT molecular complexity index is 2040. The number of rotatable bonds is 8. The highest BCUT2D eigenvalue weighted by Crippen LogP contribution is 2.31. The molecule has 0 spiro atoms. The second kappa shape index (κ2) is 17.8. The Morgan fingerprint density at radius 2 is 1.61 bits per heavy atom. The Morgan fingerprint density at radius 1 is 0.911 bits per heavy atom. The normalized spacial score (nSPS) is 21.5. The zero-order valence-electron chi connectivity index (χ0n) is 31.1. The summed E-state index contributed by atoms with van der Waals surface area (Å²) >= 11 is 0. The van der Waals surface area contributed by atoms with Crippen molar-refractivity contribution in [2.24, 2.45) is 0 Å². The molecule has 0 radical (unpaired) electrons. The number of anilines is 1. The Kier molecular flexibility index (Phi) is 12.5. The van der Waals surface area contributed by atoms with Gasteiger partial charge in [0, 0.05) is 50.5 Å². The van der Waals surface area contributed by atoms with E-state index in [0.29, 0.717) is 28.1 Å². The lowest BCUT2D eigenvalue weighted by atomic mass is 10.0. The van der Waals surface area contributed by atoms with Crippen molar-refractivity contribution in [3.05, 3.63) is 114 Å². The first-order chi connectivity index (χ1) is 27.0. The number of likely N-dealkylation sites (N-methyl/N-ethyl adjacent to an activating group) is 1. The number of aryl methyl sites for hydroxylation is 1. The van der Waals surface area contributed by atoms with Crippen LogP contribution in [0.3, 0.4) is 0 Å². The lowest BCUT2D eigenvalue weighted by Gasteiger charge is -2.30. The number of fused-ring (bicyclic) bond motifs is 11. The predicted molar refractivity (Wildman–Crippen MR) is 204 cm³/mol. The first kappa shape index (κ1) is 39.3. The van der Waals surface area contributed by atoms with E-state index in [0.717, 1.165) is 0 Å². The topological polar surface area (TPSA) is 217 Å². The van der Waals surface area contributed by atoms with Crippen LogP contribution in [0.2, 0.25) is 0 Å². The largest absolute Gasteiger partial charge is 0.480 e. The predicted octanol–water partition coefficient (Wildman–Crippen LogP) is 1.31. The Morgan fingerprint density at radius 3 is 2.29 bits per heavy atom. The van der Waals surface area contributed by atoms with Crippen molar-refractivity contribution in [2.45, 2.75) is 75.3 Å². The number of hydrogen-bond donors (Lipinski definition) is 6. The van der Waals surface area contributed by atoms with Gasteiger partial charge in [-0.3, -0.25) is 24.0 Å². The molecule has 0 saturated carbocycles. The van der Waals surface area contributed by atoms with Crippen LogP contribution in [0.25, 0.3) is 0 Å². The molecule has 3 aromatic carbocycles. The van der Waals surface area contributed by atoms with Crippen LogP contribution in [0.1, 0.15) is 54.2 Å². The quantitative estimate of drug-likeness (QED) is 0.151. The van der Waals surface area contributed by atoms with E-state index in [1.807, 2.05) is 6.07 Å². The third-order valence-corrected chi connectivity index (χ3v) is 10.1. The maximum absolute atomic E-state index is 14.7. The van der Waals surface area contributed by atoms with E-state index in [2.05, 4.69) is 36.9 Å². The fourth-order valence-electron chi connectivity index (χ4n) is 6.83. The van der Waals surface area contributed by atoms with Gasteiger partial charge in [-0.25, -0.2) is 9.48 Å². The molecular weight excluding hydrogens is 718 g/mol. The van der Waals surface area contributed by atoms with Gasteiger partial charge in [-0.1, -0.05) is 78.0 Å².